The third-order valence-electron chi connectivity index (χ3n) is 8.07. The molecule has 0 aliphatic carbocycles. The van der Waals surface area contributed by atoms with Crippen molar-refractivity contribution in [2.75, 3.05) is 0 Å². The minimum absolute atomic E-state index is 0.506. The molecule has 0 spiro atoms. The summed E-state index contributed by atoms with van der Waals surface area (Å²) in [5.74, 6) is 1.64. The monoisotopic (exact) mass is 575 g/mol. The minimum atomic E-state index is 0.506. The molecule has 0 unspecified atom stereocenters. The van der Waals surface area contributed by atoms with Gasteiger partial charge in [-0.1, -0.05) is 121 Å². The summed E-state index contributed by atoms with van der Waals surface area (Å²) in [7, 11) is 0. The van der Waals surface area contributed by atoms with E-state index < -0.39 is 0 Å². The Bertz CT molecular complexity index is 2330. The van der Waals surface area contributed by atoms with Crippen LogP contribution in [0.4, 0.5) is 5.69 Å². The summed E-state index contributed by atoms with van der Waals surface area (Å²) in [5, 5.41) is 2.32. The molecule has 210 valence electrons. The van der Waals surface area contributed by atoms with Crippen molar-refractivity contribution in [1.82, 2.24) is 19.5 Å². The first kappa shape index (κ1) is 26.3. The molecule has 8 aromatic rings. The molecule has 0 radical (unpaired) electrons. The molecule has 6 aromatic carbocycles. The number of hydrogen-bond acceptors (Lipinski definition) is 3. The van der Waals surface area contributed by atoms with Gasteiger partial charge in [0.15, 0.2) is 23.2 Å². The zero-order valence-electron chi connectivity index (χ0n) is 24.2. The second kappa shape index (κ2) is 11.0. The molecule has 0 aliphatic heterocycles. The van der Waals surface area contributed by atoms with E-state index in [1.807, 2.05) is 78.9 Å². The molecule has 5 nitrogen and oxygen atoms in total. The van der Waals surface area contributed by atoms with E-state index in [0.29, 0.717) is 23.2 Å². The fraction of sp³-hybridized carbons (Fsp3) is 0. The van der Waals surface area contributed by atoms with E-state index in [9.17, 15) is 0 Å². The van der Waals surface area contributed by atoms with Crippen molar-refractivity contribution in [2.24, 2.45) is 0 Å². The molecule has 2 heterocycles. The van der Waals surface area contributed by atoms with Gasteiger partial charge >= 0.3 is 0 Å². The molecule has 2 aromatic heterocycles. The highest BCUT2D eigenvalue weighted by Crippen LogP contribution is 2.38. The minimum Gasteiger partial charge on any atom is -0.309 e. The van der Waals surface area contributed by atoms with Crippen molar-refractivity contribution < 1.29 is 0 Å². The molecule has 0 saturated carbocycles. The highest BCUT2D eigenvalue weighted by molar-refractivity contribution is 6.09. The predicted octanol–water partition coefficient (Wildman–Crippen LogP) is 10.2. The SMILES string of the molecule is [C-]#[N+]c1ccc(-n2c3ccccc3c3ccccc32)c(-c2nc(-c3ccccc3)nc(-c3cccc(-c4ccccc4)c3)n2)c1. The highest BCUT2D eigenvalue weighted by atomic mass is 15.1. The van der Waals surface area contributed by atoms with Crippen LogP contribution in [0, 0.1) is 6.57 Å². The molecule has 45 heavy (non-hydrogen) atoms. The van der Waals surface area contributed by atoms with E-state index in [1.54, 1.807) is 0 Å². The average molecular weight is 576 g/mol. The van der Waals surface area contributed by atoms with Gasteiger partial charge in [0.05, 0.1) is 23.3 Å². The smallest absolute Gasteiger partial charge is 0.188 e. The van der Waals surface area contributed by atoms with Gasteiger partial charge in [-0.2, -0.15) is 0 Å². The Kier molecular flexibility index (Phi) is 6.44. The number of benzene rings is 6. The summed E-state index contributed by atoms with van der Waals surface area (Å²) in [6, 6.07) is 51.1. The molecule has 0 bridgehead atoms. The lowest BCUT2D eigenvalue weighted by Gasteiger charge is -2.15. The second-order valence-corrected chi connectivity index (χ2v) is 10.8. The van der Waals surface area contributed by atoms with E-state index in [4.69, 9.17) is 21.5 Å². The van der Waals surface area contributed by atoms with Crippen molar-refractivity contribution in [3.8, 4) is 51.0 Å². The lowest BCUT2D eigenvalue weighted by Crippen LogP contribution is -2.03. The summed E-state index contributed by atoms with van der Waals surface area (Å²) in [4.78, 5) is 18.9. The quantitative estimate of drug-likeness (QED) is 0.192. The molecule has 0 fully saturated rings. The molecular weight excluding hydrogens is 550 g/mol. The maximum Gasteiger partial charge on any atom is 0.188 e. The first-order valence-electron chi connectivity index (χ1n) is 14.7. The fourth-order valence-electron chi connectivity index (χ4n) is 5.96. The van der Waals surface area contributed by atoms with E-state index >= 15 is 0 Å². The van der Waals surface area contributed by atoms with Gasteiger partial charge in [-0.3, -0.25) is 0 Å². The molecule has 0 atom stereocenters. The summed E-state index contributed by atoms with van der Waals surface area (Å²) in [6.07, 6.45) is 0. The van der Waals surface area contributed by atoms with Gasteiger partial charge in [-0.25, -0.2) is 19.8 Å². The third kappa shape index (κ3) is 4.71. The number of para-hydroxylation sites is 2. The summed E-state index contributed by atoms with van der Waals surface area (Å²) in [5.41, 5.74) is 8.30. The van der Waals surface area contributed by atoms with Crippen LogP contribution in [0.3, 0.4) is 0 Å². The molecule has 8 rings (SSSR count). The van der Waals surface area contributed by atoms with Gasteiger partial charge in [0.25, 0.3) is 0 Å². The maximum absolute atomic E-state index is 7.83. The lowest BCUT2D eigenvalue weighted by atomic mass is 10.0. The summed E-state index contributed by atoms with van der Waals surface area (Å²) < 4.78 is 2.25. The van der Waals surface area contributed by atoms with Crippen LogP contribution in [0.5, 0.6) is 0 Å². The van der Waals surface area contributed by atoms with Crippen molar-refractivity contribution in [1.29, 1.82) is 0 Å². The van der Waals surface area contributed by atoms with E-state index in [2.05, 4.69) is 82.2 Å². The second-order valence-electron chi connectivity index (χ2n) is 10.8. The number of nitrogens with zero attached hydrogens (tertiary/aromatic N) is 5. The van der Waals surface area contributed by atoms with Crippen LogP contribution in [0.2, 0.25) is 0 Å². The molecule has 0 aliphatic rings. The van der Waals surface area contributed by atoms with E-state index in [-0.39, 0.29) is 0 Å². The van der Waals surface area contributed by atoms with Crippen LogP contribution in [0.25, 0.3) is 77.6 Å². The first-order valence-corrected chi connectivity index (χ1v) is 14.7. The predicted molar refractivity (Wildman–Crippen MR) is 182 cm³/mol. The Morgan fingerprint density at radius 1 is 0.444 bits per heavy atom. The Morgan fingerprint density at radius 2 is 0.978 bits per heavy atom. The average Bonchev–Trinajstić information content (AvgIpc) is 3.46. The molecular formula is C40H25N5. The van der Waals surface area contributed by atoms with Crippen molar-refractivity contribution in [3.05, 3.63) is 163 Å². The van der Waals surface area contributed by atoms with Crippen LogP contribution < -0.4 is 0 Å². The Morgan fingerprint density at radius 3 is 1.64 bits per heavy atom. The number of aromatic nitrogens is 4. The molecule has 0 amide bonds. The van der Waals surface area contributed by atoms with Crippen LogP contribution in [0.1, 0.15) is 0 Å². The fourth-order valence-corrected chi connectivity index (χ4v) is 5.96. The lowest BCUT2D eigenvalue weighted by molar-refractivity contribution is 1.06. The van der Waals surface area contributed by atoms with E-state index in [0.717, 1.165) is 55.3 Å². The van der Waals surface area contributed by atoms with Crippen molar-refractivity contribution in [3.63, 3.8) is 0 Å². The summed E-state index contributed by atoms with van der Waals surface area (Å²) in [6.45, 7) is 7.83. The van der Waals surface area contributed by atoms with Gasteiger partial charge in [0.1, 0.15) is 0 Å². The standard InChI is InChI=1S/C40H25N5/c1-41-31-23-24-37(45-35-21-10-8-19-32(35)33-20-9-11-22-36(33)45)34(26-31)40-43-38(28-15-6-3-7-16-28)42-39(44-40)30-18-12-17-29(25-30)27-13-4-2-5-14-27/h2-26H. The van der Waals surface area contributed by atoms with Gasteiger partial charge < -0.3 is 4.57 Å². The van der Waals surface area contributed by atoms with Gasteiger partial charge in [-0.15, -0.1) is 0 Å². The molecule has 0 N–H and O–H groups in total. The summed E-state index contributed by atoms with van der Waals surface area (Å²) >= 11 is 0. The van der Waals surface area contributed by atoms with Crippen molar-refractivity contribution >= 4 is 27.5 Å². The van der Waals surface area contributed by atoms with Crippen molar-refractivity contribution in [2.45, 2.75) is 0 Å². The maximum atomic E-state index is 7.83. The Labute approximate surface area is 260 Å². The van der Waals surface area contributed by atoms with Gasteiger partial charge in [-0.05, 0) is 41.5 Å². The zero-order valence-corrected chi connectivity index (χ0v) is 24.2. The normalized spacial score (nSPS) is 11.1. The Balaban J connectivity index is 1.40. The van der Waals surface area contributed by atoms with Crippen LogP contribution in [0.15, 0.2) is 152 Å². The topological polar surface area (TPSA) is 48.0 Å². The molecule has 5 heteroatoms. The van der Waals surface area contributed by atoms with E-state index in [1.165, 1.54) is 0 Å². The van der Waals surface area contributed by atoms with Gasteiger partial charge in [0, 0.05) is 27.5 Å². The third-order valence-corrected chi connectivity index (χ3v) is 8.07. The number of rotatable bonds is 5. The largest absolute Gasteiger partial charge is 0.309 e. The van der Waals surface area contributed by atoms with Crippen LogP contribution >= 0.6 is 0 Å². The van der Waals surface area contributed by atoms with Crippen LogP contribution in [-0.4, -0.2) is 19.5 Å². The van der Waals surface area contributed by atoms with Crippen LogP contribution in [-0.2, 0) is 0 Å². The zero-order chi connectivity index (χ0) is 30.2. The highest BCUT2D eigenvalue weighted by Gasteiger charge is 2.19. The number of fused-ring (bicyclic) bond motifs is 3. The molecule has 0 saturated heterocycles. The first-order chi connectivity index (χ1) is 22.3. The van der Waals surface area contributed by atoms with Gasteiger partial charge in [0.2, 0.25) is 0 Å². The number of hydrogen-bond donors (Lipinski definition) is 0. The Hall–Kier alpha value is -6.38.